The molecule has 5 rings (SSSR count). The number of hydrogen-bond acceptors (Lipinski definition) is 4. The van der Waals surface area contributed by atoms with E-state index in [9.17, 15) is 4.79 Å². The van der Waals surface area contributed by atoms with E-state index in [1.54, 1.807) is 0 Å². The highest BCUT2D eigenvalue weighted by Crippen LogP contribution is 2.33. The summed E-state index contributed by atoms with van der Waals surface area (Å²) < 4.78 is 5.44. The van der Waals surface area contributed by atoms with Crippen LogP contribution in [-0.4, -0.2) is 40.6 Å². The first-order chi connectivity index (χ1) is 12.8. The average Bonchev–Trinajstić information content (AvgIpc) is 3.26. The van der Waals surface area contributed by atoms with Crippen molar-refractivity contribution < 1.29 is 9.53 Å². The molecule has 0 atom stereocenters. The highest BCUT2D eigenvalue weighted by molar-refractivity contribution is 6.01. The third-order valence-electron chi connectivity index (χ3n) is 5.37. The Kier molecular flexibility index (Phi) is 3.71. The zero-order valence-electron chi connectivity index (χ0n) is 14.4. The van der Waals surface area contributed by atoms with Crippen LogP contribution in [0.4, 0.5) is 5.69 Å². The van der Waals surface area contributed by atoms with Crippen molar-refractivity contribution in [2.75, 3.05) is 24.7 Å². The van der Waals surface area contributed by atoms with Crippen LogP contribution in [0.15, 0.2) is 36.8 Å². The highest BCUT2D eigenvalue weighted by atomic mass is 16.5. The summed E-state index contributed by atoms with van der Waals surface area (Å²) in [7, 11) is 0. The number of carbonyl (C=O) groups is 1. The van der Waals surface area contributed by atoms with Gasteiger partial charge in [-0.1, -0.05) is 0 Å². The lowest BCUT2D eigenvalue weighted by molar-refractivity contribution is -0.117. The lowest BCUT2D eigenvalue weighted by Gasteiger charge is -2.27. The van der Waals surface area contributed by atoms with Crippen LogP contribution in [0.3, 0.4) is 0 Å². The third kappa shape index (κ3) is 2.66. The monoisotopic (exact) mass is 348 g/mol. The van der Waals surface area contributed by atoms with Gasteiger partial charge in [-0.2, -0.15) is 0 Å². The van der Waals surface area contributed by atoms with Gasteiger partial charge in [0.05, 0.1) is 35.2 Å². The summed E-state index contributed by atoms with van der Waals surface area (Å²) in [4.78, 5) is 26.7. The normalized spacial score (nSPS) is 17.8. The summed E-state index contributed by atoms with van der Waals surface area (Å²) in [6, 6.07) is 6.14. The number of aromatic amines is 1. The van der Waals surface area contributed by atoms with Crippen LogP contribution < -0.4 is 4.90 Å². The van der Waals surface area contributed by atoms with E-state index < -0.39 is 0 Å². The lowest BCUT2D eigenvalue weighted by atomic mass is 9.99. The van der Waals surface area contributed by atoms with E-state index >= 15 is 0 Å². The Balaban J connectivity index is 1.48. The van der Waals surface area contributed by atoms with Gasteiger partial charge in [-0.15, -0.1) is 0 Å². The Hall–Kier alpha value is -2.73. The van der Waals surface area contributed by atoms with Gasteiger partial charge in [-0.25, -0.2) is 0 Å². The average molecular weight is 348 g/mol. The first kappa shape index (κ1) is 15.5. The van der Waals surface area contributed by atoms with E-state index in [0.29, 0.717) is 12.3 Å². The number of fused-ring (bicyclic) bond motifs is 2. The van der Waals surface area contributed by atoms with E-state index in [1.165, 1.54) is 0 Å². The third-order valence-corrected chi connectivity index (χ3v) is 5.37. The molecule has 1 fully saturated rings. The minimum atomic E-state index is 0.144. The van der Waals surface area contributed by atoms with Crippen molar-refractivity contribution in [3.05, 3.63) is 42.5 Å². The number of amides is 1. The van der Waals surface area contributed by atoms with Gasteiger partial charge in [0.25, 0.3) is 0 Å². The molecule has 0 radical (unpaired) electrons. The fourth-order valence-electron chi connectivity index (χ4n) is 3.86. The highest BCUT2D eigenvalue weighted by Gasteiger charge is 2.31. The van der Waals surface area contributed by atoms with Crippen molar-refractivity contribution in [2.45, 2.75) is 19.3 Å². The summed E-state index contributed by atoms with van der Waals surface area (Å²) >= 11 is 0. The summed E-state index contributed by atoms with van der Waals surface area (Å²) in [5, 5.41) is 1.12. The summed E-state index contributed by atoms with van der Waals surface area (Å²) in [5.74, 6) is 0.641. The second-order valence-corrected chi connectivity index (χ2v) is 7.06. The van der Waals surface area contributed by atoms with Crippen LogP contribution in [0.2, 0.25) is 0 Å². The first-order valence-corrected chi connectivity index (χ1v) is 9.08. The summed E-state index contributed by atoms with van der Waals surface area (Å²) in [6.45, 7) is 2.33. The number of nitrogens with one attached hydrogen (secondary N) is 1. The number of aromatic nitrogens is 3. The molecule has 26 heavy (non-hydrogen) atoms. The van der Waals surface area contributed by atoms with Crippen LogP contribution in [0.1, 0.15) is 18.5 Å². The maximum Gasteiger partial charge on any atom is 0.233 e. The fraction of sp³-hybridized carbons (Fsp3) is 0.350. The van der Waals surface area contributed by atoms with Gasteiger partial charge in [0.15, 0.2) is 0 Å². The topological polar surface area (TPSA) is 71.1 Å². The molecule has 2 aliphatic rings. The molecule has 6 heteroatoms. The van der Waals surface area contributed by atoms with Crippen LogP contribution >= 0.6 is 0 Å². The molecule has 3 aromatic rings. The molecule has 6 nitrogen and oxygen atoms in total. The second-order valence-electron chi connectivity index (χ2n) is 7.06. The van der Waals surface area contributed by atoms with Crippen LogP contribution in [0.5, 0.6) is 0 Å². The Bertz CT molecular complexity index is 975. The van der Waals surface area contributed by atoms with Crippen LogP contribution in [0.25, 0.3) is 22.2 Å². The van der Waals surface area contributed by atoms with E-state index in [2.05, 4.69) is 27.1 Å². The predicted octanol–water partition coefficient (Wildman–Crippen LogP) is 2.94. The lowest BCUT2D eigenvalue weighted by Crippen LogP contribution is -2.34. The molecule has 132 valence electrons. The molecule has 2 aliphatic heterocycles. The van der Waals surface area contributed by atoms with Crippen molar-refractivity contribution >= 4 is 22.5 Å². The van der Waals surface area contributed by atoms with E-state index in [1.807, 2.05) is 29.6 Å². The van der Waals surface area contributed by atoms with Crippen molar-refractivity contribution in [2.24, 2.45) is 5.92 Å². The van der Waals surface area contributed by atoms with Gasteiger partial charge in [-0.05, 0) is 37.0 Å². The SMILES string of the molecule is O=C1Cc2ncc(-c3cc4cc[nH]c4cn3)cc2N1CC1CCOCC1. The van der Waals surface area contributed by atoms with Gasteiger partial charge >= 0.3 is 0 Å². The van der Waals surface area contributed by atoms with Gasteiger partial charge in [-0.3, -0.25) is 14.8 Å². The molecule has 0 aliphatic carbocycles. The molecule has 0 unspecified atom stereocenters. The molecule has 1 amide bonds. The van der Waals surface area contributed by atoms with Crippen molar-refractivity contribution in [3.63, 3.8) is 0 Å². The fourth-order valence-corrected chi connectivity index (χ4v) is 3.86. The van der Waals surface area contributed by atoms with Gasteiger partial charge in [0, 0.05) is 43.1 Å². The number of carbonyl (C=O) groups excluding carboxylic acids is 1. The number of anilines is 1. The van der Waals surface area contributed by atoms with Crippen LogP contribution in [0, 0.1) is 5.92 Å². The van der Waals surface area contributed by atoms with Crippen LogP contribution in [-0.2, 0) is 16.0 Å². The molecule has 0 saturated carbocycles. The zero-order chi connectivity index (χ0) is 17.5. The number of pyridine rings is 2. The molecule has 3 aromatic heterocycles. The van der Waals surface area contributed by atoms with Crippen molar-refractivity contribution in [3.8, 4) is 11.3 Å². The van der Waals surface area contributed by atoms with Gasteiger partial charge in [0.2, 0.25) is 5.91 Å². The Morgan fingerprint density at radius 3 is 2.96 bits per heavy atom. The van der Waals surface area contributed by atoms with E-state index in [-0.39, 0.29) is 5.91 Å². The minimum Gasteiger partial charge on any atom is -0.381 e. The molecule has 5 heterocycles. The minimum absolute atomic E-state index is 0.144. The maximum absolute atomic E-state index is 12.5. The molecule has 0 spiro atoms. The van der Waals surface area contributed by atoms with Crippen molar-refractivity contribution in [1.29, 1.82) is 0 Å². The number of H-pyrrole nitrogens is 1. The molecular formula is C20H20N4O2. The molecule has 1 N–H and O–H groups in total. The summed E-state index contributed by atoms with van der Waals surface area (Å²) in [5.41, 5.74) is 4.64. The zero-order valence-corrected chi connectivity index (χ0v) is 14.4. The molecule has 0 aromatic carbocycles. The largest absolute Gasteiger partial charge is 0.381 e. The Morgan fingerprint density at radius 2 is 2.08 bits per heavy atom. The standard InChI is InChI=1S/C20H20N4O2/c25-20-9-17-19(24(20)12-13-2-5-26-6-3-13)8-15(10-22-17)16-7-14-1-4-21-18(14)11-23-16/h1,4,7-8,10-11,13,21H,2-3,5-6,9,12H2. The number of ether oxygens (including phenoxy) is 1. The predicted molar refractivity (Wildman–Crippen MR) is 98.9 cm³/mol. The number of hydrogen-bond donors (Lipinski definition) is 1. The Labute approximate surface area is 151 Å². The quantitative estimate of drug-likeness (QED) is 0.790. The summed E-state index contributed by atoms with van der Waals surface area (Å²) in [6.07, 6.45) is 7.98. The molecule has 0 bridgehead atoms. The van der Waals surface area contributed by atoms with E-state index in [0.717, 1.165) is 66.1 Å². The van der Waals surface area contributed by atoms with Crippen molar-refractivity contribution in [1.82, 2.24) is 15.0 Å². The Morgan fingerprint density at radius 1 is 1.19 bits per heavy atom. The number of nitrogens with zero attached hydrogens (tertiary/aromatic N) is 3. The first-order valence-electron chi connectivity index (χ1n) is 9.08. The van der Waals surface area contributed by atoms with E-state index in [4.69, 9.17) is 4.74 Å². The smallest absolute Gasteiger partial charge is 0.233 e. The van der Waals surface area contributed by atoms with Gasteiger partial charge < -0.3 is 14.6 Å². The number of rotatable bonds is 3. The molecule has 1 saturated heterocycles. The second kappa shape index (κ2) is 6.21. The van der Waals surface area contributed by atoms with Gasteiger partial charge in [0.1, 0.15) is 0 Å². The maximum atomic E-state index is 12.5. The molecular weight excluding hydrogens is 328 g/mol.